The highest BCUT2D eigenvalue weighted by molar-refractivity contribution is 6.54. The molecule has 0 aliphatic rings. The lowest BCUT2D eigenvalue weighted by Gasteiger charge is -2.08. The van der Waals surface area contributed by atoms with Gasteiger partial charge in [-0.2, -0.15) is 0 Å². The van der Waals surface area contributed by atoms with Gasteiger partial charge in [0.05, 0.1) is 0 Å². The molecule has 0 saturated heterocycles. The molecule has 2 aromatic heterocycles. The Morgan fingerprint density at radius 1 is 1.30 bits per heavy atom. The average molecular weight is 352 g/mol. The summed E-state index contributed by atoms with van der Waals surface area (Å²) in [7, 11) is 0. The summed E-state index contributed by atoms with van der Waals surface area (Å²) in [6.07, 6.45) is 1.77. The number of carbonyl (C=O) groups is 1. The molecule has 0 unspecified atom stereocenters. The van der Waals surface area contributed by atoms with Crippen LogP contribution < -0.4 is 5.32 Å². The molecule has 118 valence electrons. The third-order valence-electron chi connectivity index (χ3n) is 3.32. The van der Waals surface area contributed by atoms with E-state index < -0.39 is 10.7 Å². The summed E-state index contributed by atoms with van der Waals surface area (Å²) in [5.41, 5.74) is 2.62. The Balaban J connectivity index is 2.21. The summed E-state index contributed by atoms with van der Waals surface area (Å²) in [6.45, 7) is 1.93. The van der Waals surface area contributed by atoms with Crippen LogP contribution in [0.3, 0.4) is 0 Å². The van der Waals surface area contributed by atoms with Gasteiger partial charge in [0.25, 0.3) is 5.91 Å². The molecule has 2 heterocycles. The van der Waals surface area contributed by atoms with Crippen molar-refractivity contribution in [2.24, 2.45) is 0 Å². The molecule has 0 aliphatic carbocycles. The highest BCUT2D eigenvalue weighted by atomic mass is 35.5. The third kappa shape index (κ3) is 3.16. The molecule has 4 nitrogen and oxygen atoms in total. The number of imidazole rings is 1. The standard InChI is InChI=1S/C16H12Cl2FN3O/c1-9-5-6-22-12(7-9)20-13(10-3-2-4-11(19)8-10)15(22)21-16(23)14(17)18/h2-8,14H,1H3,(H,21,23). The average Bonchev–Trinajstić information content (AvgIpc) is 2.85. The van der Waals surface area contributed by atoms with E-state index in [1.807, 2.05) is 19.1 Å². The Morgan fingerprint density at radius 3 is 2.78 bits per heavy atom. The third-order valence-corrected chi connectivity index (χ3v) is 3.72. The Kier molecular flexibility index (Phi) is 4.24. The van der Waals surface area contributed by atoms with Crippen molar-refractivity contribution < 1.29 is 9.18 Å². The number of nitrogens with zero attached hydrogens (tertiary/aromatic N) is 2. The lowest BCUT2D eigenvalue weighted by atomic mass is 10.1. The first-order valence-electron chi connectivity index (χ1n) is 6.79. The molecular formula is C16H12Cl2FN3O. The summed E-state index contributed by atoms with van der Waals surface area (Å²) in [6, 6.07) is 9.72. The van der Waals surface area contributed by atoms with E-state index in [1.54, 1.807) is 22.7 Å². The topological polar surface area (TPSA) is 46.4 Å². The molecule has 0 aliphatic heterocycles. The van der Waals surface area contributed by atoms with Gasteiger partial charge in [0.15, 0.2) is 4.84 Å². The molecule has 0 bridgehead atoms. The van der Waals surface area contributed by atoms with Crippen molar-refractivity contribution in [3.05, 3.63) is 54.0 Å². The van der Waals surface area contributed by atoms with Crippen molar-refractivity contribution in [1.82, 2.24) is 9.38 Å². The number of aromatic nitrogens is 2. The zero-order valence-electron chi connectivity index (χ0n) is 12.1. The molecule has 0 atom stereocenters. The SMILES string of the molecule is Cc1ccn2c(NC(=O)C(Cl)Cl)c(-c3cccc(F)c3)nc2c1. The fourth-order valence-corrected chi connectivity index (χ4v) is 2.38. The fourth-order valence-electron chi connectivity index (χ4n) is 2.27. The number of halogens is 3. The second kappa shape index (κ2) is 6.18. The van der Waals surface area contributed by atoms with Crippen LogP contribution in [-0.4, -0.2) is 20.1 Å². The van der Waals surface area contributed by atoms with E-state index in [-0.39, 0.29) is 5.82 Å². The van der Waals surface area contributed by atoms with Gasteiger partial charge >= 0.3 is 0 Å². The molecule has 0 radical (unpaired) electrons. The van der Waals surface area contributed by atoms with Crippen LogP contribution in [-0.2, 0) is 4.79 Å². The zero-order chi connectivity index (χ0) is 16.6. The van der Waals surface area contributed by atoms with Crippen molar-refractivity contribution in [3.63, 3.8) is 0 Å². The molecule has 0 saturated carbocycles. The first kappa shape index (κ1) is 15.8. The molecule has 0 fully saturated rings. The van der Waals surface area contributed by atoms with E-state index >= 15 is 0 Å². The summed E-state index contributed by atoms with van der Waals surface area (Å²) < 4.78 is 15.2. The minimum absolute atomic E-state index is 0.388. The maximum Gasteiger partial charge on any atom is 0.258 e. The number of aryl methyl sites for hydroxylation is 1. The summed E-state index contributed by atoms with van der Waals surface area (Å²) >= 11 is 11.2. The van der Waals surface area contributed by atoms with Gasteiger partial charge in [-0.1, -0.05) is 35.3 Å². The van der Waals surface area contributed by atoms with Crippen LogP contribution >= 0.6 is 23.2 Å². The smallest absolute Gasteiger partial charge is 0.258 e. The number of anilines is 1. The number of carbonyl (C=O) groups excluding carboxylic acids is 1. The molecule has 1 aromatic carbocycles. The van der Waals surface area contributed by atoms with E-state index in [2.05, 4.69) is 10.3 Å². The number of benzene rings is 1. The van der Waals surface area contributed by atoms with Crippen LogP contribution in [0, 0.1) is 12.7 Å². The fraction of sp³-hybridized carbons (Fsp3) is 0.125. The van der Waals surface area contributed by atoms with Gasteiger partial charge in [-0.05, 0) is 36.8 Å². The molecule has 7 heteroatoms. The molecule has 3 aromatic rings. The molecule has 23 heavy (non-hydrogen) atoms. The number of pyridine rings is 1. The van der Waals surface area contributed by atoms with Gasteiger partial charge in [0.2, 0.25) is 0 Å². The van der Waals surface area contributed by atoms with E-state index in [0.29, 0.717) is 22.7 Å². The lowest BCUT2D eigenvalue weighted by molar-refractivity contribution is -0.114. The molecular weight excluding hydrogens is 340 g/mol. The van der Waals surface area contributed by atoms with E-state index in [0.717, 1.165) is 5.56 Å². The van der Waals surface area contributed by atoms with E-state index in [4.69, 9.17) is 23.2 Å². The second-order valence-corrected chi connectivity index (χ2v) is 6.14. The Morgan fingerprint density at radius 2 is 2.09 bits per heavy atom. The maximum absolute atomic E-state index is 13.5. The zero-order valence-corrected chi connectivity index (χ0v) is 13.6. The number of rotatable bonds is 3. The predicted octanol–water partition coefficient (Wildman–Crippen LogP) is 4.19. The maximum atomic E-state index is 13.5. The number of nitrogens with one attached hydrogen (secondary N) is 1. The first-order chi connectivity index (χ1) is 11.0. The number of alkyl halides is 2. The number of hydrogen-bond acceptors (Lipinski definition) is 2. The quantitative estimate of drug-likeness (QED) is 0.719. The van der Waals surface area contributed by atoms with Gasteiger partial charge in [-0.3, -0.25) is 9.20 Å². The van der Waals surface area contributed by atoms with Crippen molar-refractivity contribution >= 4 is 40.6 Å². The van der Waals surface area contributed by atoms with Crippen molar-refractivity contribution in [2.75, 3.05) is 5.32 Å². The monoisotopic (exact) mass is 351 g/mol. The van der Waals surface area contributed by atoms with Crippen LogP contribution in [0.1, 0.15) is 5.56 Å². The Bertz CT molecular complexity index is 892. The highest BCUT2D eigenvalue weighted by Gasteiger charge is 2.19. The van der Waals surface area contributed by atoms with Gasteiger partial charge in [-0.25, -0.2) is 9.37 Å². The normalized spacial score (nSPS) is 11.2. The highest BCUT2D eigenvalue weighted by Crippen LogP contribution is 2.30. The second-order valence-electron chi connectivity index (χ2n) is 5.04. The minimum atomic E-state index is -1.22. The minimum Gasteiger partial charge on any atom is -0.308 e. The van der Waals surface area contributed by atoms with Crippen LogP contribution in [0.25, 0.3) is 16.9 Å². The van der Waals surface area contributed by atoms with Crippen molar-refractivity contribution in [3.8, 4) is 11.3 Å². The number of hydrogen-bond donors (Lipinski definition) is 1. The number of amides is 1. The van der Waals surface area contributed by atoms with Gasteiger partial charge in [0, 0.05) is 11.8 Å². The van der Waals surface area contributed by atoms with Crippen LogP contribution in [0.4, 0.5) is 10.2 Å². The van der Waals surface area contributed by atoms with Crippen LogP contribution in [0.15, 0.2) is 42.6 Å². The van der Waals surface area contributed by atoms with Crippen molar-refractivity contribution in [2.45, 2.75) is 11.8 Å². The summed E-state index contributed by atoms with van der Waals surface area (Å²) in [5.74, 6) is -0.573. The molecule has 3 rings (SSSR count). The van der Waals surface area contributed by atoms with Gasteiger partial charge in [-0.15, -0.1) is 0 Å². The summed E-state index contributed by atoms with van der Waals surface area (Å²) in [5, 5.41) is 2.65. The van der Waals surface area contributed by atoms with Crippen LogP contribution in [0.2, 0.25) is 0 Å². The largest absolute Gasteiger partial charge is 0.308 e. The molecule has 1 amide bonds. The van der Waals surface area contributed by atoms with Crippen LogP contribution in [0.5, 0.6) is 0 Å². The van der Waals surface area contributed by atoms with E-state index in [9.17, 15) is 9.18 Å². The van der Waals surface area contributed by atoms with Crippen molar-refractivity contribution in [1.29, 1.82) is 0 Å². The van der Waals surface area contributed by atoms with Gasteiger partial charge < -0.3 is 5.32 Å². The molecule has 0 spiro atoms. The van der Waals surface area contributed by atoms with E-state index in [1.165, 1.54) is 12.1 Å². The number of fused-ring (bicyclic) bond motifs is 1. The lowest BCUT2D eigenvalue weighted by Crippen LogP contribution is -2.20. The molecule has 1 N–H and O–H groups in total. The predicted molar refractivity (Wildman–Crippen MR) is 89.4 cm³/mol. The Labute approximate surface area is 141 Å². The first-order valence-corrected chi connectivity index (χ1v) is 7.66. The summed E-state index contributed by atoms with van der Waals surface area (Å²) in [4.78, 5) is 15.2. The Hall–Kier alpha value is -2.11. The van der Waals surface area contributed by atoms with Gasteiger partial charge in [0.1, 0.15) is 23.0 Å².